The molecule has 10 heteroatoms. The molecule has 2 aromatic heterocycles. The molecule has 0 spiro atoms. The number of benzene rings is 2. The standard InChI is InChI=1S/C21H16F3N5O2/c22-21(23,24)16-3-1-2-15(10-16)17-11-18(27-19-8-9-26-29(17)19)25-12-13-4-6-14(7-5-13)20(30)28-31/h1-11,31H,12H2,(H,25,27)(H,28,30). The summed E-state index contributed by atoms with van der Waals surface area (Å²) < 4.78 is 40.9. The summed E-state index contributed by atoms with van der Waals surface area (Å²) in [6.07, 6.45) is -2.93. The van der Waals surface area contributed by atoms with E-state index in [1.54, 1.807) is 47.9 Å². The smallest absolute Gasteiger partial charge is 0.366 e. The molecule has 7 nitrogen and oxygen atoms in total. The number of aromatic nitrogens is 3. The Kier molecular flexibility index (Phi) is 5.30. The van der Waals surface area contributed by atoms with Gasteiger partial charge >= 0.3 is 6.18 Å². The number of carbonyl (C=O) groups excluding carboxylic acids is 1. The summed E-state index contributed by atoms with van der Waals surface area (Å²) in [7, 11) is 0. The average molecular weight is 427 g/mol. The summed E-state index contributed by atoms with van der Waals surface area (Å²) in [5.41, 5.74) is 3.25. The molecule has 0 fully saturated rings. The van der Waals surface area contributed by atoms with E-state index in [1.165, 1.54) is 16.8 Å². The zero-order valence-corrected chi connectivity index (χ0v) is 15.9. The normalized spacial score (nSPS) is 11.5. The number of anilines is 1. The number of alkyl halides is 3. The molecule has 0 aliphatic carbocycles. The maximum atomic E-state index is 13.1. The molecule has 0 radical (unpaired) electrons. The van der Waals surface area contributed by atoms with Crippen LogP contribution >= 0.6 is 0 Å². The minimum absolute atomic E-state index is 0.303. The van der Waals surface area contributed by atoms with Crippen LogP contribution in [0.5, 0.6) is 0 Å². The van der Waals surface area contributed by atoms with Gasteiger partial charge in [0.15, 0.2) is 5.65 Å². The molecule has 0 bridgehead atoms. The highest BCUT2D eigenvalue weighted by atomic mass is 19.4. The maximum absolute atomic E-state index is 13.1. The van der Waals surface area contributed by atoms with E-state index in [-0.39, 0.29) is 0 Å². The van der Waals surface area contributed by atoms with Gasteiger partial charge in [0.05, 0.1) is 17.5 Å². The van der Waals surface area contributed by atoms with Crippen molar-refractivity contribution in [1.29, 1.82) is 0 Å². The molecule has 0 aliphatic rings. The number of hydroxylamine groups is 1. The SMILES string of the molecule is O=C(NO)c1ccc(CNc2cc(-c3cccc(C(F)(F)F)c3)n3nccc3n2)cc1. The second-order valence-electron chi connectivity index (χ2n) is 6.70. The third-order valence-corrected chi connectivity index (χ3v) is 4.64. The van der Waals surface area contributed by atoms with E-state index < -0.39 is 17.6 Å². The molecule has 4 rings (SSSR count). The van der Waals surface area contributed by atoms with Crippen LogP contribution in [0.15, 0.2) is 66.9 Å². The minimum atomic E-state index is -4.45. The third kappa shape index (κ3) is 4.33. The molecule has 4 aromatic rings. The van der Waals surface area contributed by atoms with Crippen LogP contribution in [0.4, 0.5) is 19.0 Å². The Morgan fingerprint density at radius 3 is 2.55 bits per heavy atom. The fourth-order valence-electron chi connectivity index (χ4n) is 3.10. The summed E-state index contributed by atoms with van der Waals surface area (Å²) in [5.74, 6) is -0.157. The van der Waals surface area contributed by atoms with Gasteiger partial charge in [-0.15, -0.1) is 0 Å². The first-order valence-electron chi connectivity index (χ1n) is 9.15. The first-order valence-corrected chi connectivity index (χ1v) is 9.15. The Morgan fingerprint density at radius 2 is 1.84 bits per heavy atom. The maximum Gasteiger partial charge on any atom is 0.416 e. The average Bonchev–Trinajstić information content (AvgIpc) is 3.25. The van der Waals surface area contributed by atoms with Crippen molar-refractivity contribution in [3.63, 3.8) is 0 Å². The molecule has 0 saturated carbocycles. The van der Waals surface area contributed by atoms with E-state index in [0.29, 0.717) is 34.8 Å². The topological polar surface area (TPSA) is 91.5 Å². The predicted molar refractivity (Wildman–Crippen MR) is 106 cm³/mol. The quantitative estimate of drug-likeness (QED) is 0.329. The second kappa shape index (κ2) is 8.07. The van der Waals surface area contributed by atoms with Gasteiger partial charge in [-0.3, -0.25) is 10.0 Å². The third-order valence-electron chi connectivity index (χ3n) is 4.64. The van der Waals surface area contributed by atoms with E-state index in [4.69, 9.17) is 5.21 Å². The molecule has 0 aliphatic heterocycles. The number of fused-ring (bicyclic) bond motifs is 1. The molecule has 0 atom stereocenters. The molecule has 2 heterocycles. The lowest BCUT2D eigenvalue weighted by Crippen LogP contribution is -2.18. The summed E-state index contributed by atoms with van der Waals surface area (Å²) in [4.78, 5) is 15.8. The van der Waals surface area contributed by atoms with Crippen LogP contribution in [0.3, 0.4) is 0 Å². The Morgan fingerprint density at radius 1 is 1.06 bits per heavy atom. The van der Waals surface area contributed by atoms with Crippen molar-refractivity contribution < 1.29 is 23.2 Å². The monoisotopic (exact) mass is 427 g/mol. The molecular weight excluding hydrogens is 411 g/mol. The summed E-state index contributed by atoms with van der Waals surface area (Å²) >= 11 is 0. The van der Waals surface area contributed by atoms with Crippen LogP contribution in [-0.4, -0.2) is 25.7 Å². The van der Waals surface area contributed by atoms with Crippen molar-refractivity contribution in [3.8, 4) is 11.3 Å². The zero-order chi connectivity index (χ0) is 22.0. The van der Waals surface area contributed by atoms with Gasteiger partial charge in [0, 0.05) is 29.8 Å². The number of carbonyl (C=O) groups is 1. The van der Waals surface area contributed by atoms with Crippen molar-refractivity contribution in [1.82, 2.24) is 20.1 Å². The number of halogens is 3. The Labute approximate surface area is 174 Å². The number of hydrogen-bond donors (Lipinski definition) is 3. The number of nitrogens with one attached hydrogen (secondary N) is 2. The molecule has 1 amide bonds. The second-order valence-corrected chi connectivity index (χ2v) is 6.70. The first-order chi connectivity index (χ1) is 14.8. The van der Waals surface area contributed by atoms with Gasteiger partial charge < -0.3 is 5.32 Å². The lowest BCUT2D eigenvalue weighted by molar-refractivity contribution is -0.137. The predicted octanol–water partition coefficient (Wildman–Crippen LogP) is 4.15. The molecule has 0 saturated heterocycles. The van der Waals surface area contributed by atoms with Crippen LogP contribution in [-0.2, 0) is 12.7 Å². The molecule has 3 N–H and O–H groups in total. The fraction of sp³-hybridized carbons (Fsp3) is 0.0952. The van der Waals surface area contributed by atoms with Crippen molar-refractivity contribution in [2.24, 2.45) is 0 Å². The molecule has 2 aromatic carbocycles. The molecule has 0 unspecified atom stereocenters. The van der Waals surface area contributed by atoms with Crippen molar-refractivity contribution in [2.45, 2.75) is 12.7 Å². The van der Waals surface area contributed by atoms with E-state index in [0.717, 1.165) is 17.7 Å². The largest absolute Gasteiger partial charge is 0.416 e. The Hall–Kier alpha value is -3.92. The van der Waals surface area contributed by atoms with Gasteiger partial charge in [-0.1, -0.05) is 24.3 Å². The highest BCUT2D eigenvalue weighted by Crippen LogP contribution is 2.32. The van der Waals surface area contributed by atoms with Gasteiger partial charge in [0.25, 0.3) is 5.91 Å². The van der Waals surface area contributed by atoms with Crippen LogP contribution in [0.2, 0.25) is 0 Å². The first kappa shape index (κ1) is 20.4. The van der Waals surface area contributed by atoms with Crippen LogP contribution < -0.4 is 10.8 Å². The lowest BCUT2D eigenvalue weighted by atomic mass is 10.1. The Bertz CT molecular complexity index is 1240. The van der Waals surface area contributed by atoms with E-state index in [9.17, 15) is 18.0 Å². The van der Waals surface area contributed by atoms with Gasteiger partial charge in [-0.05, 0) is 29.8 Å². The fourth-order valence-corrected chi connectivity index (χ4v) is 3.10. The highest BCUT2D eigenvalue weighted by Gasteiger charge is 2.30. The number of amides is 1. The van der Waals surface area contributed by atoms with Crippen molar-refractivity contribution >= 4 is 17.4 Å². The van der Waals surface area contributed by atoms with Crippen molar-refractivity contribution in [2.75, 3.05) is 5.32 Å². The van der Waals surface area contributed by atoms with Gasteiger partial charge in [-0.2, -0.15) is 18.3 Å². The molecule has 31 heavy (non-hydrogen) atoms. The number of rotatable bonds is 5. The summed E-state index contributed by atoms with van der Waals surface area (Å²) in [5, 5.41) is 16.0. The zero-order valence-electron chi connectivity index (χ0n) is 15.9. The van der Waals surface area contributed by atoms with E-state index in [1.807, 2.05) is 0 Å². The van der Waals surface area contributed by atoms with E-state index >= 15 is 0 Å². The van der Waals surface area contributed by atoms with Crippen LogP contribution in [0.25, 0.3) is 16.9 Å². The van der Waals surface area contributed by atoms with E-state index in [2.05, 4.69) is 15.4 Å². The lowest BCUT2D eigenvalue weighted by Gasteiger charge is -2.12. The van der Waals surface area contributed by atoms with Crippen LogP contribution in [0.1, 0.15) is 21.5 Å². The highest BCUT2D eigenvalue weighted by molar-refractivity contribution is 5.93. The van der Waals surface area contributed by atoms with Gasteiger partial charge in [-0.25, -0.2) is 15.0 Å². The number of nitrogens with zero attached hydrogens (tertiary/aromatic N) is 3. The van der Waals surface area contributed by atoms with Crippen molar-refractivity contribution in [3.05, 3.63) is 83.6 Å². The van der Waals surface area contributed by atoms with Gasteiger partial charge in [0.2, 0.25) is 0 Å². The molecular formula is C21H16F3N5O2. The summed E-state index contributed by atoms with van der Waals surface area (Å²) in [6, 6.07) is 14.9. The minimum Gasteiger partial charge on any atom is -0.366 e. The summed E-state index contributed by atoms with van der Waals surface area (Å²) in [6.45, 7) is 0.361. The Balaban J connectivity index is 1.63. The van der Waals surface area contributed by atoms with Crippen LogP contribution in [0, 0.1) is 0 Å². The molecule has 158 valence electrons. The van der Waals surface area contributed by atoms with Gasteiger partial charge in [0.1, 0.15) is 5.82 Å². The number of hydrogen-bond acceptors (Lipinski definition) is 5.